The maximum absolute atomic E-state index is 14.4. The molecule has 0 unspecified atom stereocenters. The highest BCUT2D eigenvalue weighted by molar-refractivity contribution is 5.90. The first-order valence-electron chi connectivity index (χ1n) is 9.64. The average molecular weight is 413 g/mol. The quantitative estimate of drug-likeness (QED) is 0.414. The van der Waals surface area contributed by atoms with E-state index in [1.165, 1.54) is 19.1 Å². The van der Waals surface area contributed by atoms with Crippen LogP contribution in [0.3, 0.4) is 0 Å². The van der Waals surface area contributed by atoms with Gasteiger partial charge in [-0.1, -0.05) is 42.5 Å². The largest absolute Gasteiger partial charge is 0.507 e. The average Bonchev–Trinajstić information content (AvgIpc) is 2.75. The molecule has 0 aliphatic heterocycles. The maximum atomic E-state index is 14.4. The van der Waals surface area contributed by atoms with Gasteiger partial charge in [-0.3, -0.25) is 4.79 Å². The van der Waals surface area contributed by atoms with Gasteiger partial charge in [0.25, 0.3) is 0 Å². The van der Waals surface area contributed by atoms with E-state index in [2.05, 4.69) is 10.3 Å². The molecule has 0 saturated carbocycles. The molecule has 5 nitrogen and oxygen atoms in total. The van der Waals surface area contributed by atoms with Crippen LogP contribution in [0.4, 0.5) is 15.9 Å². The molecule has 1 heterocycles. The Morgan fingerprint density at radius 2 is 1.55 bits per heavy atom. The van der Waals surface area contributed by atoms with Crippen molar-refractivity contribution in [1.29, 1.82) is 0 Å². The third-order valence-electron chi connectivity index (χ3n) is 4.91. The first-order chi connectivity index (χ1) is 14.9. The number of nitrogens with zero attached hydrogens (tertiary/aromatic N) is 1. The smallest absolute Gasteiger partial charge is 0.221 e. The summed E-state index contributed by atoms with van der Waals surface area (Å²) in [4.78, 5) is 15.2. The number of rotatable bonds is 4. The molecule has 6 heteroatoms. The van der Waals surface area contributed by atoms with Crippen molar-refractivity contribution in [2.45, 2.75) is 6.92 Å². The number of para-hydroxylation sites is 1. The molecular formula is C25H20FN3O2. The van der Waals surface area contributed by atoms with Gasteiger partial charge in [-0.25, -0.2) is 9.37 Å². The number of nitrogens with two attached hydrogens (primary N) is 1. The molecule has 0 fully saturated rings. The first kappa shape index (κ1) is 20.1. The Kier molecular flexibility index (Phi) is 5.37. The fourth-order valence-electron chi connectivity index (χ4n) is 3.48. The second-order valence-corrected chi connectivity index (χ2v) is 7.13. The van der Waals surface area contributed by atoms with Crippen LogP contribution < -0.4 is 11.1 Å². The third-order valence-corrected chi connectivity index (χ3v) is 4.91. The molecule has 0 bridgehead atoms. The number of hydrogen-bond donors (Lipinski definition) is 3. The van der Waals surface area contributed by atoms with Gasteiger partial charge in [0.1, 0.15) is 17.4 Å². The van der Waals surface area contributed by atoms with Gasteiger partial charge in [0, 0.05) is 24.2 Å². The standard InChI is InChI=1S/C25H20FN3O2/c1-15(30)29-23-9-8-19(13-22(23)26)21-7-3-6-20(25(21)31)18-5-2-4-16(12-18)17-10-11-28-24(27)14-17/h2-14,31H,1H3,(H2,27,28)(H,29,30). The van der Waals surface area contributed by atoms with Gasteiger partial charge in [-0.15, -0.1) is 0 Å². The molecule has 0 atom stereocenters. The number of nitrogens with one attached hydrogen (secondary N) is 1. The molecule has 0 saturated heterocycles. The van der Waals surface area contributed by atoms with Crippen LogP contribution in [0, 0.1) is 5.82 Å². The van der Waals surface area contributed by atoms with E-state index in [1.54, 1.807) is 36.5 Å². The number of halogens is 1. The van der Waals surface area contributed by atoms with Crippen molar-refractivity contribution in [3.05, 3.63) is 84.8 Å². The summed E-state index contributed by atoms with van der Waals surface area (Å²) in [5.74, 6) is -0.458. The molecule has 4 rings (SSSR count). The van der Waals surface area contributed by atoms with Crippen molar-refractivity contribution in [1.82, 2.24) is 4.98 Å². The summed E-state index contributed by atoms with van der Waals surface area (Å²) in [7, 11) is 0. The summed E-state index contributed by atoms with van der Waals surface area (Å²) in [6.45, 7) is 1.32. The molecule has 1 aromatic heterocycles. The van der Waals surface area contributed by atoms with Crippen LogP contribution in [0.2, 0.25) is 0 Å². The normalized spacial score (nSPS) is 10.6. The number of phenols is 1. The lowest BCUT2D eigenvalue weighted by molar-refractivity contribution is -0.114. The van der Waals surface area contributed by atoms with Crippen molar-refractivity contribution in [2.24, 2.45) is 0 Å². The highest BCUT2D eigenvalue weighted by atomic mass is 19.1. The van der Waals surface area contributed by atoms with Crippen LogP contribution in [0.15, 0.2) is 79.0 Å². The number of hydrogen-bond acceptors (Lipinski definition) is 4. The summed E-state index contributed by atoms with van der Waals surface area (Å²) < 4.78 is 14.4. The predicted octanol–water partition coefficient (Wildman–Crippen LogP) is 5.47. The predicted molar refractivity (Wildman–Crippen MR) is 121 cm³/mol. The van der Waals surface area contributed by atoms with E-state index in [9.17, 15) is 14.3 Å². The van der Waals surface area contributed by atoms with E-state index in [0.29, 0.717) is 22.5 Å². The number of benzene rings is 3. The summed E-state index contributed by atoms with van der Waals surface area (Å²) in [5.41, 5.74) is 10.2. The number of pyridine rings is 1. The van der Waals surface area contributed by atoms with E-state index < -0.39 is 5.82 Å². The Morgan fingerprint density at radius 3 is 2.23 bits per heavy atom. The Hall–Kier alpha value is -4.19. The SMILES string of the molecule is CC(=O)Nc1ccc(-c2cccc(-c3cccc(-c4ccnc(N)c4)c3)c2O)cc1F. The lowest BCUT2D eigenvalue weighted by Gasteiger charge is -2.13. The fourth-order valence-corrected chi connectivity index (χ4v) is 3.48. The van der Waals surface area contributed by atoms with Crippen molar-refractivity contribution in [3.8, 4) is 39.1 Å². The molecule has 31 heavy (non-hydrogen) atoms. The zero-order valence-electron chi connectivity index (χ0n) is 16.8. The first-order valence-corrected chi connectivity index (χ1v) is 9.64. The second kappa shape index (κ2) is 8.28. The number of anilines is 2. The van der Waals surface area contributed by atoms with Crippen molar-refractivity contribution in [2.75, 3.05) is 11.1 Å². The Bertz CT molecular complexity index is 1290. The Morgan fingerprint density at radius 1 is 0.903 bits per heavy atom. The summed E-state index contributed by atoms with van der Waals surface area (Å²) in [6.07, 6.45) is 1.65. The summed E-state index contributed by atoms with van der Waals surface area (Å²) >= 11 is 0. The van der Waals surface area contributed by atoms with Gasteiger partial charge in [0.05, 0.1) is 5.69 Å². The number of aromatic hydroxyl groups is 1. The number of carbonyl (C=O) groups is 1. The van der Waals surface area contributed by atoms with Crippen LogP contribution in [-0.2, 0) is 4.79 Å². The number of carbonyl (C=O) groups excluding carboxylic acids is 1. The number of amides is 1. The van der Waals surface area contributed by atoms with Crippen LogP contribution in [-0.4, -0.2) is 16.0 Å². The summed E-state index contributed by atoms with van der Waals surface area (Å²) in [6, 6.07) is 21.1. The van der Waals surface area contributed by atoms with Gasteiger partial charge >= 0.3 is 0 Å². The van der Waals surface area contributed by atoms with Gasteiger partial charge in [0.2, 0.25) is 5.91 Å². The van der Waals surface area contributed by atoms with Crippen LogP contribution in [0.1, 0.15) is 6.92 Å². The third kappa shape index (κ3) is 4.23. The molecular weight excluding hydrogens is 393 g/mol. The van der Waals surface area contributed by atoms with E-state index >= 15 is 0 Å². The molecule has 3 aromatic carbocycles. The van der Waals surface area contributed by atoms with Crippen molar-refractivity contribution < 1.29 is 14.3 Å². The van der Waals surface area contributed by atoms with Gasteiger partial charge in [0.15, 0.2) is 0 Å². The molecule has 4 N–H and O–H groups in total. The number of aromatic nitrogens is 1. The minimum atomic E-state index is -0.574. The molecule has 0 aliphatic rings. The van der Waals surface area contributed by atoms with Gasteiger partial charge in [-0.05, 0) is 52.6 Å². The molecule has 0 spiro atoms. The van der Waals surface area contributed by atoms with E-state index in [1.807, 2.05) is 30.3 Å². The highest BCUT2D eigenvalue weighted by Crippen LogP contribution is 2.39. The summed E-state index contributed by atoms with van der Waals surface area (Å²) in [5, 5.41) is 13.4. The maximum Gasteiger partial charge on any atom is 0.221 e. The fraction of sp³-hybridized carbons (Fsp3) is 0.0400. The second-order valence-electron chi connectivity index (χ2n) is 7.13. The van der Waals surface area contributed by atoms with Crippen molar-refractivity contribution >= 4 is 17.4 Å². The monoisotopic (exact) mass is 413 g/mol. The topological polar surface area (TPSA) is 88.2 Å². The van der Waals surface area contributed by atoms with Gasteiger partial charge in [-0.2, -0.15) is 0 Å². The molecule has 0 aliphatic carbocycles. The number of nitrogen functional groups attached to an aromatic ring is 1. The lowest BCUT2D eigenvalue weighted by atomic mass is 9.95. The number of phenolic OH excluding ortho intramolecular Hbond substituents is 1. The molecule has 4 aromatic rings. The minimum absolute atomic E-state index is 0.0422. The molecule has 154 valence electrons. The minimum Gasteiger partial charge on any atom is -0.507 e. The van der Waals surface area contributed by atoms with Crippen LogP contribution in [0.25, 0.3) is 33.4 Å². The Balaban J connectivity index is 1.74. The van der Waals surface area contributed by atoms with Crippen molar-refractivity contribution in [3.63, 3.8) is 0 Å². The zero-order chi connectivity index (χ0) is 22.0. The van der Waals surface area contributed by atoms with E-state index in [0.717, 1.165) is 16.7 Å². The molecule has 1 amide bonds. The molecule has 0 radical (unpaired) electrons. The lowest BCUT2D eigenvalue weighted by Crippen LogP contribution is -2.07. The zero-order valence-corrected chi connectivity index (χ0v) is 16.8. The van der Waals surface area contributed by atoms with E-state index in [4.69, 9.17) is 5.73 Å². The van der Waals surface area contributed by atoms with Crippen LogP contribution >= 0.6 is 0 Å². The highest BCUT2D eigenvalue weighted by Gasteiger charge is 2.14. The Labute approximate surface area is 179 Å². The van der Waals surface area contributed by atoms with Gasteiger partial charge < -0.3 is 16.2 Å². The van der Waals surface area contributed by atoms with E-state index in [-0.39, 0.29) is 17.3 Å². The van der Waals surface area contributed by atoms with Crippen LogP contribution in [0.5, 0.6) is 5.75 Å².